The zero-order valence-corrected chi connectivity index (χ0v) is 14.8. The van der Waals surface area contributed by atoms with E-state index in [0.717, 1.165) is 51.8 Å². The third kappa shape index (κ3) is 2.75. The fourth-order valence-corrected chi connectivity index (χ4v) is 4.27. The molecule has 0 aliphatic carbocycles. The highest BCUT2D eigenvalue weighted by Gasteiger charge is 2.23. The van der Waals surface area contributed by atoms with E-state index < -0.39 is 0 Å². The normalized spacial score (nSPS) is 17.2. The number of H-pyrrole nitrogens is 1. The smallest absolute Gasteiger partial charge is 0.230 e. The van der Waals surface area contributed by atoms with Crippen molar-refractivity contribution < 1.29 is 4.79 Å². The van der Waals surface area contributed by atoms with Crippen molar-refractivity contribution in [1.82, 2.24) is 20.5 Å². The maximum atomic E-state index is 12.3. The molecule has 1 amide bonds. The van der Waals surface area contributed by atoms with Crippen molar-refractivity contribution in [3.63, 3.8) is 0 Å². The molecule has 1 aliphatic rings. The zero-order chi connectivity index (χ0) is 17.5. The van der Waals surface area contributed by atoms with Crippen LogP contribution in [0.1, 0.15) is 6.42 Å². The average Bonchev–Trinajstić information content (AvgIpc) is 3.39. The predicted octanol–water partition coefficient (Wildman–Crippen LogP) is 3.39. The summed E-state index contributed by atoms with van der Waals surface area (Å²) >= 11 is 1.52. The summed E-state index contributed by atoms with van der Waals surface area (Å²) < 4.78 is 1.06. The second kappa shape index (κ2) is 6.19. The Morgan fingerprint density at radius 3 is 2.96 bits per heavy atom. The van der Waals surface area contributed by atoms with Gasteiger partial charge in [0.05, 0.1) is 27.8 Å². The summed E-state index contributed by atoms with van der Waals surface area (Å²) in [6.45, 7) is 1.65. The Kier molecular flexibility index (Phi) is 3.69. The first-order valence-electron chi connectivity index (χ1n) is 8.62. The van der Waals surface area contributed by atoms with Gasteiger partial charge >= 0.3 is 0 Å². The summed E-state index contributed by atoms with van der Waals surface area (Å²) in [6, 6.07) is 12.4. The minimum atomic E-state index is 0.0410. The number of aromatic nitrogens is 3. The number of nitrogens with zero attached hydrogens (tertiary/aromatic N) is 2. The Labute approximate surface area is 153 Å². The first-order valence-corrected chi connectivity index (χ1v) is 9.43. The van der Waals surface area contributed by atoms with Crippen LogP contribution in [-0.2, 0) is 4.79 Å². The van der Waals surface area contributed by atoms with Crippen LogP contribution in [0.5, 0.6) is 0 Å². The second-order valence-corrected chi connectivity index (χ2v) is 7.58. The van der Waals surface area contributed by atoms with Gasteiger partial charge in [-0.2, -0.15) is 5.10 Å². The largest absolute Gasteiger partial charge is 0.316 e. The van der Waals surface area contributed by atoms with E-state index in [1.807, 2.05) is 18.3 Å². The lowest BCUT2D eigenvalue weighted by Gasteiger charge is -2.06. The number of nitrogens with one attached hydrogen (secondary N) is 3. The number of rotatable bonds is 3. The van der Waals surface area contributed by atoms with Crippen molar-refractivity contribution in [1.29, 1.82) is 0 Å². The summed E-state index contributed by atoms with van der Waals surface area (Å²) in [6.07, 6.45) is 2.72. The topological polar surface area (TPSA) is 82.7 Å². The highest BCUT2D eigenvalue weighted by Crippen LogP contribution is 2.31. The van der Waals surface area contributed by atoms with Crippen LogP contribution in [0.15, 0.2) is 42.6 Å². The maximum Gasteiger partial charge on any atom is 0.230 e. The number of benzene rings is 2. The van der Waals surface area contributed by atoms with Crippen LogP contribution in [0.3, 0.4) is 0 Å². The summed E-state index contributed by atoms with van der Waals surface area (Å²) in [5.74, 6) is 0.0962. The zero-order valence-electron chi connectivity index (χ0n) is 14.0. The third-order valence-corrected chi connectivity index (χ3v) is 5.76. The van der Waals surface area contributed by atoms with Gasteiger partial charge in [-0.15, -0.1) is 0 Å². The molecular weight excluding hydrogens is 346 g/mol. The van der Waals surface area contributed by atoms with Crippen LogP contribution < -0.4 is 10.6 Å². The standard InChI is InChI=1S/C19H17N5OS/c25-18(13-5-6-20-9-13)23-19-22-16-4-2-12(8-17(16)26-19)11-1-3-15-14(7-11)10-21-24-15/h1-4,7-8,10,13,20H,5-6,9H2,(H,21,24)(H,22,23,25)/t13-/m1/s1. The number of anilines is 1. The number of thiazole rings is 1. The van der Waals surface area contributed by atoms with Gasteiger partial charge in [0.1, 0.15) is 0 Å². The van der Waals surface area contributed by atoms with Crippen LogP contribution in [0.2, 0.25) is 0 Å². The molecule has 26 heavy (non-hydrogen) atoms. The molecule has 2 aromatic carbocycles. The predicted molar refractivity (Wildman–Crippen MR) is 104 cm³/mol. The van der Waals surface area contributed by atoms with Gasteiger partial charge in [0.25, 0.3) is 0 Å². The number of carbonyl (C=O) groups excluding carboxylic acids is 1. The fourth-order valence-electron chi connectivity index (χ4n) is 3.37. The lowest BCUT2D eigenvalue weighted by atomic mass is 10.0. The van der Waals surface area contributed by atoms with Gasteiger partial charge in [0.15, 0.2) is 5.13 Å². The molecule has 6 nitrogen and oxygen atoms in total. The second-order valence-electron chi connectivity index (χ2n) is 6.55. The molecule has 0 bridgehead atoms. The minimum absolute atomic E-state index is 0.0410. The van der Waals surface area contributed by atoms with E-state index in [9.17, 15) is 4.79 Å². The molecular formula is C19H17N5OS. The van der Waals surface area contributed by atoms with E-state index in [0.29, 0.717) is 5.13 Å². The van der Waals surface area contributed by atoms with Crippen LogP contribution in [-0.4, -0.2) is 34.2 Å². The highest BCUT2D eigenvalue weighted by molar-refractivity contribution is 7.22. The molecule has 1 aliphatic heterocycles. The maximum absolute atomic E-state index is 12.3. The van der Waals surface area contributed by atoms with E-state index in [4.69, 9.17) is 0 Å². The van der Waals surface area contributed by atoms with Crippen molar-refractivity contribution in [3.05, 3.63) is 42.6 Å². The van der Waals surface area contributed by atoms with Crippen molar-refractivity contribution in [2.45, 2.75) is 6.42 Å². The number of aromatic amines is 1. The van der Waals surface area contributed by atoms with Crippen molar-refractivity contribution in [2.24, 2.45) is 5.92 Å². The molecule has 2 aromatic heterocycles. The van der Waals surface area contributed by atoms with Gasteiger partial charge in [0.2, 0.25) is 5.91 Å². The molecule has 130 valence electrons. The Hall–Kier alpha value is -2.77. The molecule has 1 atom stereocenters. The van der Waals surface area contributed by atoms with Crippen LogP contribution in [0, 0.1) is 5.92 Å². The lowest BCUT2D eigenvalue weighted by Crippen LogP contribution is -2.24. The molecule has 5 rings (SSSR count). The first-order chi connectivity index (χ1) is 12.8. The number of carbonyl (C=O) groups is 1. The quantitative estimate of drug-likeness (QED) is 0.521. The summed E-state index contributed by atoms with van der Waals surface area (Å²) in [7, 11) is 0. The summed E-state index contributed by atoms with van der Waals surface area (Å²) in [5.41, 5.74) is 4.20. The number of hydrogen-bond donors (Lipinski definition) is 3. The van der Waals surface area contributed by atoms with E-state index in [-0.39, 0.29) is 11.8 Å². The molecule has 0 spiro atoms. The van der Waals surface area contributed by atoms with Gasteiger partial charge in [-0.3, -0.25) is 9.89 Å². The SMILES string of the molecule is O=C(Nc1nc2ccc(-c3ccc4[nH]ncc4c3)cc2s1)[C@@H]1CCNC1. The van der Waals surface area contributed by atoms with Crippen LogP contribution in [0.4, 0.5) is 5.13 Å². The molecule has 4 aromatic rings. The number of amides is 1. The molecule has 3 N–H and O–H groups in total. The van der Waals surface area contributed by atoms with E-state index >= 15 is 0 Å². The Morgan fingerprint density at radius 2 is 2.08 bits per heavy atom. The van der Waals surface area contributed by atoms with Crippen LogP contribution in [0.25, 0.3) is 32.2 Å². The summed E-state index contributed by atoms with van der Waals surface area (Å²) in [4.78, 5) is 16.8. The van der Waals surface area contributed by atoms with Gasteiger partial charge < -0.3 is 10.6 Å². The number of hydrogen-bond acceptors (Lipinski definition) is 5. The minimum Gasteiger partial charge on any atom is -0.316 e. The molecule has 0 radical (unpaired) electrons. The van der Waals surface area contributed by atoms with Crippen molar-refractivity contribution in [3.8, 4) is 11.1 Å². The Bertz CT molecular complexity index is 1110. The van der Waals surface area contributed by atoms with Gasteiger partial charge in [-0.1, -0.05) is 23.5 Å². The molecule has 0 saturated carbocycles. The molecule has 1 fully saturated rings. The third-order valence-electron chi connectivity index (χ3n) is 4.82. The monoisotopic (exact) mass is 363 g/mol. The van der Waals surface area contributed by atoms with Crippen molar-refractivity contribution >= 4 is 43.5 Å². The lowest BCUT2D eigenvalue weighted by molar-refractivity contribution is -0.119. The van der Waals surface area contributed by atoms with Gasteiger partial charge in [-0.05, 0) is 48.4 Å². The summed E-state index contributed by atoms with van der Waals surface area (Å²) in [5, 5.41) is 15.0. The number of fused-ring (bicyclic) bond motifs is 2. The highest BCUT2D eigenvalue weighted by atomic mass is 32.1. The first kappa shape index (κ1) is 15.5. The molecule has 1 saturated heterocycles. The molecule has 0 unspecified atom stereocenters. The van der Waals surface area contributed by atoms with Gasteiger partial charge in [-0.25, -0.2) is 4.98 Å². The van der Waals surface area contributed by atoms with E-state index in [1.165, 1.54) is 11.3 Å². The average molecular weight is 363 g/mol. The van der Waals surface area contributed by atoms with Crippen molar-refractivity contribution in [2.75, 3.05) is 18.4 Å². The van der Waals surface area contributed by atoms with Gasteiger partial charge in [0, 0.05) is 11.9 Å². The van der Waals surface area contributed by atoms with E-state index in [2.05, 4.69) is 50.1 Å². The molecule has 3 heterocycles. The van der Waals surface area contributed by atoms with E-state index in [1.54, 1.807) is 0 Å². The van der Waals surface area contributed by atoms with Crippen LogP contribution >= 0.6 is 11.3 Å². The fraction of sp³-hybridized carbons (Fsp3) is 0.211. The molecule has 7 heteroatoms. The Balaban J connectivity index is 1.44. The Morgan fingerprint density at radius 1 is 1.19 bits per heavy atom.